The average molecular weight is 302 g/mol. The van der Waals surface area contributed by atoms with Crippen molar-refractivity contribution in [2.24, 2.45) is 5.92 Å². The minimum atomic E-state index is -0.446. The number of anilines is 1. The van der Waals surface area contributed by atoms with E-state index < -0.39 is 6.10 Å². The van der Waals surface area contributed by atoms with Crippen LogP contribution >= 0.6 is 0 Å². The van der Waals surface area contributed by atoms with Gasteiger partial charge in [0.05, 0.1) is 6.10 Å². The maximum absolute atomic E-state index is 12.5. The van der Waals surface area contributed by atoms with Crippen LogP contribution < -0.4 is 4.90 Å². The Morgan fingerprint density at radius 3 is 2.77 bits per heavy atom. The molecule has 2 aliphatic heterocycles. The second kappa shape index (κ2) is 6.08. The first-order chi connectivity index (χ1) is 10.6. The average Bonchev–Trinajstić information content (AvgIpc) is 2.91. The smallest absolute Gasteiger partial charge is 0.242 e. The van der Waals surface area contributed by atoms with Gasteiger partial charge in [0.2, 0.25) is 11.8 Å². The summed E-state index contributed by atoms with van der Waals surface area (Å²) in [5, 5.41) is 9.95. The summed E-state index contributed by atoms with van der Waals surface area (Å²) in [4.78, 5) is 28.0. The third-order valence-electron chi connectivity index (χ3n) is 4.77. The standard InChI is InChI=1S/C17H22N2O3/c1-2-12-9-18(10-15(12)20)17(22)11-19-14-6-4-3-5-13(14)7-8-16(19)21/h3-6,12,15,20H,2,7-11H2,1H3/t12-,15+/m1/s1. The Labute approximate surface area is 130 Å². The van der Waals surface area contributed by atoms with Crippen LogP contribution in [-0.2, 0) is 16.0 Å². The lowest BCUT2D eigenvalue weighted by molar-refractivity contribution is -0.131. The number of benzene rings is 1. The van der Waals surface area contributed by atoms with Crippen molar-refractivity contribution in [3.8, 4) is 0 Å². The van der Waals surface area contributed by atoms with E-state index in [2.05, 4.69) is 0 Å². The number of amides is 2. The Bertz CT molecular complexity index is 587. The van der Waals surface area contributed by atoms with Crippen LogP contribution in [0.5, 0.6) is 0 Å². The fraction of sp³-hybridized carbons (Fsp3) is 0.529. The highest BCUT2D eigenvalue weighted by atomic mass is 16.3. The van der Waals surface area contributed by atoms with Crippen LogP contribution in [0.1, 0.15) is 25.3 Å². The molecule has 5 nitrogen and oxygen atoms in total. The minimum absolute atomic E-state index is 0.00108. The van der Waals surface area contributed by atoms with Crippen molar-refractivity contribution in [1.82, 2.24) is 4.90 Å². The SMILES string of the molecule is CC[C@@H]1CN(C(=O)CN2C(=O)CCc3ccccc32)C[C@@H]1O. The van der Waals surface area contributed by atoms with Gasteiger partial charge in [0, 0.05) is 31.1 Å². The number of nitrogens with zero attached hydrogens (tertiary/aromatic N) is 2. The summed E-state index contributed by atoms with van der Waals surface area (Å²) < 4.78 is 0. The van der Waals surface area contributed by atoms with Crippen LogP contribution in [0.3, 0.4) is 0 Å². The van der Waals surface area contributed by atoms with Crippen molar-refractivity contribution < 1.29 is 14.7 Å². The van der Waals surface area contributed by atoms with Gasteiger partial charge in [0.1, 0.15) is 6.54 Å². The van der Waals surface area contributed by atoms with Crippen molar-refractivity contribution in [1.29, 1.82) is 0 Å². The molecule has 0 bridgehead atoms. The van der Waals surface area contributed by atoms with E-state index in [-0.39, 0.29) is 24.3 Å². The monoisotopic (exact) mass is 302 g/mol. The van der Waals surface area contributed by atoms with Gasteiger partial charge in [-0.3, -0.25) is 9.59 Å². The zero-order valence-corrected chi connectivity index (χ0v) is 12.9. The lowest BCUT2D eigenvalue weighted by atomic mass is 10.0. The fourth-order valence-electron chi connectivity index (χ4n) is 3.36. The molecular weight excluding hydrogens is 280 g/mol. The van der Waals surface area contributed by atoms with Crippen molar-refractivity contribution in [3.63, 3.8) is 0 Å². The van der Waals surface area contributed by atoms with Crippen molar-refractivity contribution in [3.05, 3.63) is 29.8 Å². The van der Waals surface area contributed by atoms with Crippen LogP contribution in [0.2, 0.25) is 0 Å². The molecule has 5 heteroatoms. The maximum atomic E-state index is 12.5. The normalized spacial score (nSPS) is 24.5. The highest BCUT2D eigenvalue weighted by molar-refractivity contribution is 6.01. The number of likely N-dealkylation sites (tertiary alicyclic amines) is 1. The molecule has 2 amide bonds. The minimum Gasteiger partial charge on any atom is -0.391 e. The lowest BCUT2D eigenvalue weighted by Gasteiger charge is -2.30. The highest BCUT2D eigenvalue weighted by Crippen LogP contribution is 2.28. The van der Waals surface area contributed by atoms with E-state index in [1.807, 2.05) is 31.2 Å². The fourth-order valence-corrected chi connectivity index (χ4v) is 3.36. The number of aliphatic hydroxyl groups is 1. The summed E-state index contributed by atoms with van der Waals surface area (Å²) in [7, 11) is 0. The zero-order chi connectivity index (χ0) is 15.7. The molecule has 2 heterocycles. The summed E-state index contributed by atoms with van der Waals surface area (Å²) in [6.45, 7) is 3.05. The number of hydrogen-bond acceptors (Lipinski definition) is 3. The van der Waals surface area contributed by atoms with Gasteiger partial charge in [-0.2, -0.15) is 0 Å². The van der Waals surface area contributed by atoms with E-state index in [0.717, 1.165) is 24.1 Å². The van der Waals surface area contributed by atoms with E-state index in [9.17, 15) is 14.7 Å². The molecule has 0 spiro atoms. The Balaban J connectivity index is 1.73. The van der Waals surface area contributed by atoms with E-state index >= 15 is 0 Å². The number of β-amino-alcohol motifs (C(OH)–C–C–N with tert-alkyl or cyclic N) is 1. The Morgan fingerprint density at radius 2 is 2.05 bits per heavy atom. The summed E-state index contributed by atoms with van der Waals surface area (Å²) in [6.07, 6.45) is 1.60. The molecule has 118 valence electrons. The first-order valence-corrected chi connectivity index (χ1v) is 7.94. The van der Waals surface area contributed by atoms with Gasteiger partial charge in [-0.15, -0.1) is 0 Å². The quantitative estimate of drug-likeness (QED) is 0.912. The molecule has 22 heavy (non-hydrogen) atoms. The summed E-state index contributed by atoms with van der Waals surface area (Å²) in [6, 6.07) is 7.75. The molecule has 1 N–H and O–H groups in total. The number of fused-ring (bicyclic) bond motifs is 1. The molecule has 0 radical (unpaired) electrons. The van der Waals surface area contributed by atoms with Gasteiger partial charge in [0.15, 0.2) is 0 Å². The van der Waals surface area contributed by atoms with Gasteiger partial charge in [0.25, 0.3) is 0 Å². The van der Waals surface area contributed by atoms with Crippen molar-refractivity contribution in [2.75, 3.05) is 24.5 Å². The third-order valence-corrected chi connectivity index (χ3v) is 4.77. The second-order valence-electron chi connectivity index (χ2n) is 6.14. The van der Waals surface area contributed by atoms with Gasteiger partial charge in [-0.05, 0) is 24.5 Å². The van der Waals surface area contributed by atoms with Crippen LogP contribution in [-0.4, -0.2) is 47.6 Å². The van der Waals surface area contributed by atoms with E-state index in [1.165, 1.54) is 0 Å². The predicted octanol–water partition coefficient (Wildman–Crippen LogP) is 1.20. The zero-order valence-electron chi connectivity index (χ0n) is 12.9. The number of carbonyl (C=O) groups is 2. The Kier molecular flexibility index (Phi) is 4.16. The molecule has 0 aliphatic carbocycles. The Morgan fingerprint density at radius 1 is 1.27 bits per heavy atom. The van der Waals surface area contributed by atoms with Gasteiger partial charge >= 0.3 is 0 Å². The van der Waals surface area contributed by atoms with Gasteiger partial charge in [-0.1, -0.05) is 25.1 Å². The maximum Gasteiger partial charge on any atom is 0.242 e. The summed E-state index contributed by atoms with van der Waals surface area (Å²) >= 11 is 0. The second-order valence-corrected chi connectivity index (χ2v) is 6.14. The van der Waals surface area contributed by atoms with Gasteiger partial charge in [-0.25, -0.2) is 0 Å². The molecule has 3 rings (SSSR count). The largest absolute Gasteiger partial charge is 0.391 e. The van der Waals surface area contributed by atoms with Crippen LogP contribution in [0.25, 0.3) is 0 Å². The van der Waals surface area contributed by atoms with Crippen molar-refractivity contribution >= 4 is 17.5 Å². The number of aliphatic hydroxyl groups excluding tert-OH is 1. The van der Waals surface area contributed by atoms with E-state index in [4.69, 9.17) is 0 Å². The summed E-state index contributed by atoms with van der Waals surface area (Å²) in [5.41, 5.74) is 1.96. The molecule has 2 aliphatic rings. The number of hydrogen-bond donors (Lipinski definition) is 1. The Hall–Kier alpha value is -1.88. The molecule has 1 aromatic carbocycles. The molecule has 0 unspecified atom stereocenters. The number of carbonyl (C=O) groups excluding carboxylic acids is 2. The first kappa shape index (κ1) is 15.0. The first-order valence-electron chi connectivity index (χ1n) is 7.94. The van der Waals surface area contributed by atoms with E-state index in [0.29, 0.717) is 19.5 Å². The highest BCUT2D eigenvalue weighted by Gasteiger charge is 2.34. The van der Waals surface area contributed by atoms with Crippen LogP contribution in [0.4, 0.5) is 5.69 Å². The molecule has 0 saturated carbocycles. The molecule has 1 fully saturated rings. The number of aryl methyl sites for hydroxylation is 1. The topological polar surface area (TPSA) is 60.9 Å². The third kappa shape index (κ3) is 2.73. The summed E-state index contributed by atoms with van der Waals surface area (Å²) in [5.74, 6) is 0.0622. The molecule has 0 aromatic heterocycles. The number of para-hydroxylation sites is 1. The molecule has 1 saturated heterocycles. The molecular formula is C17H22N2O3. The van der Waals surface area contributed by atoms with Crippen LogP contribution in [0, 0.1) is 5.92 Å². The molecule has 1 aromatic rings. The molecule has 2 atom stereocenters. The predicted molar refractivity (Wildman–Crippen MR) is 83.5 cm³/mol. The van der Waals surface area contributed by atoms with Crippen LogP contribution in [0.15, 0.2) is 24.3 Å². The lowest BCUT2D eigenvalue weighted by Crippen LogP contribution is -2.44. The number of rotatable bonds is 3. The van der Waals surface area contributed by atoms with Gasteiger partial charge < -0.3 is 14.9 Å². The van der Waals surface area contributed by atoms with Crippen molar-refractivity contribution in [2.45, 2.75) is 32.3 Å². The van der Waals surface area contributed by atoms with E-state index in [1.54, 1.807) is 9.80 Å².